The van der Waals surface area contributed by atoms with Gasteiger partial charge in [0.2, 0.25) is 0 Å². The summed E-state index contributed by atoms with van der Waals surface area (Å²) in [5.74, 6) is 0. The number of halogens is 1. The zero-order valence-electron chi connectivity index (χ0n) is 20.0. The number of unbranched alkanes of at least 4 members (excludes halogenated alkanes) is 12. The first kappa shape index (κ1) is 29.4. The van der Waals surface area contributed by atoms with E-state index in [4.69, 9.17) is 0 Å². The molecule has 0 spiro atoms. The Labute approximate surface area is 201 Å². The molecule has 1 aromatic rings. The summed E-state index contributed by atoms with van der Waals surface area (Å²) in [5, 5.41) is 6.31. The van der Waals surface area contributed by atoms with Gasteiger partial charge in [0.15, 0.2) is 0 Å². The van der Waals surface area contributed by atoms with Crippen LogP contribution in [0.25, 0.3) is 0 Å². The first-order chi connectivity index (χ1) is 13.9. The molecular formula is C24H46IN3O2. The molecule has 1 rings (SSSR count). The minimum absolute atomic E-state index is 0. The molecule has 0 aromatic heterocycles. The van der Waals surface area contributed by atoms with Crippen LogP contribution in [0.15, 0.2) is 9.59 Å². The molecule has 0 unspecified atom stereocenters. The molecule has 0 aliphatic rings. The van der Waals surface area contributed by atoms with E-state index < -0.39 is 0 Å². The average Bonchev–Trinajstić information content (AvgIpc) is 2.68. The zero-order valence-corrected chi connectivity index (χ0v) is 22.1. The monoisotopic (exact) mass is 535 g/mol. The number of hydrogen-bond donors (Lipinski definition) is 2. The molecule has 0 saturated heterocycles. The van der Waals surface area contributed by atoms with Gasteiger partial charge in [0.05, 0.1) is 34.2 Å². The lowest BCUT2D eigenvalue weighted by Crippen LogP contribution is -3.00. The summed E-state index contributed by atoms with van der Waals surface area (Å²) in [4.78, 5) is 23.5. The van der Waals surface area contributed by atoms with Crippen LogP contribution in [-0.4, -0.2) is 45.3 Å². The van der Waals surface area contributed by atoms with Crippen molar-refractivity contribution in [2.45, 2.75) is 90.4 Å². The van der Waals surface area contributed by atoms with Crippen LogP contribution in [0, 0.1) is 0 Å². The van der Waals surface area contributed by atoms with Crippen LogP contribution in [0.4, 0.5) is 11.4 Å². The van der Waals surface area contributed by atoms with Crippen LogP contribution in [0.5, 0.6) is 0 Å². The van der Waals surface area contributed by atoms with Crippen molar-refractivity contribution >= 4 is 11.4 Å². The summed E-state index contributed by atoms with van der Waals surface area (Å²) in [7, 11) is 6.33. The second-order valence-electron chi connectivity index (χ2n) is 9.52. The fourth-order valence-electron chi connectivity index (χ4n) is 3.60. The molecule has 176 valence electrons. The Morgan fingerprint density at radius 1 is 0.600 bits per heavy atom. The predicted molar refractivity (Wildman–Crippen MR) is 127 cm³/mol. The van der Waals surface area contributed by atoms with Crippen molar-refractivity contribution in [1.29, 1.82) is 0 Å². The highest BCUT2D eigenvalue weighted by atomic mass is 127. The second kappa shape index (κ2) is 17.0. The van der Waals surface area contributed by atoms with Crippen LogP contribution in [0.1, 0.15) is 90.4 Å². The lowest BCUT2D eigenvalue weighted by Gasteiger charge is -2.24. The summed E-state index contributed by atoms with van der Waals surface area (Å²) in [5.41, 5.74) is 0.236. The molecule has 5 nitrogen and oxygen atoms in total. The predicted octanol–water partition coefficient (Wildman–Crippen LogP) is 1.91. The van der Waals surface area contributed by atoms with Gasteiger partial charge < -0.3 is 39.1 Å². The first-order valence-electron chi connectivity index (χ1n) is 12.0. The number of nitrogens with one attached hydrogen (secondary N) is 2. The zero-order chi connectivity index (χ0) is 21.5. The van der Waals surface area contributed by atoms with E-state index in [-0.39, 0.29) is 34.8 Å². The molecule has 0 saturated carbocycles. The minimum atomic E-state index is -0.376. The van der Waals surface area contributed by atoms with Gasteiger partial charge in [0, 0.05) is 6.54 Å². The van der Waals surface area contributed by atoms with Crippen molar-refractivity contribution in [3.63, 3.8) is 0 Å². The van der Waals surface area contributed by atoms with Crippen molar-refractivity contribution < 1.29 is 28.5 Å². The highest BCUT2D eigenvalue weighted by Gasteiger charge is 2.20. The molecule has 0 heterocycles. The third-order valence-corrected chi connectivity index (χ3v) is 5.58. The standard InChI is InChI=1S/C24H45N3O2.HI/c1-5-6-7-8-9-10-11-12-13-14-15-16-17-18-25-21-22(24(29)23(21)28)26-19-20-27(2,3)4;/h5-20H2,1-4H3,(H-,25,26,28,29);1H. The van der Waals surface area contributed by atoms with Crippen molar-refractivity contribution in [1.82, 2.24) is 0 Å². The molecule has 0 aliphatic carbocycles. The van der Waals surface area contributed by atoms with Gasteiger partial charge in [-0.15, -0.1) is 0 Å². The van der Waals surface area contributed by atoms with Gasteiger partial charge in [0.25, 0.3) is 10.9 Å². The molecular weight excluding hydrogens is 489 g/mol. The molecule has 0 radical (unpaired) electrons. The Bertz CT molecular complexity index is 619. The Kier molecular flexibility index (Phi) is 16.6. The fraction of sp³-hybridized carbons (Fsp3) is 0.833. The van der Waals surface area contributed by atoms with Crippen LogP contribution < -0.4 is 45.5 Å². The fourth-order valence-corrected chi connectivity index (χ4v) is 3.60. The van der Waals surface area contributed by atoms with Gasteiger partial charge in [-0.25, -0.2) is 0 Å². The van der Waals surface area contributed by atoms with Crippen LogP contribution in [-0.2, 0) is 0 Å². The van der Waals surface area contributed by atoms with E-state index in [1.54, 1.807) is 0 Å². The van der Waals surface area contributed by atoms with E-state index in [1.165, 1.54) is 77.0 Å². The van der Waals surface area contributed by atoms with E-state index in [0.29, 0.717) is 17.9 Å². The molecule has 0 aliphatic heterocycles. The van der Waals surface area contributed by atoms with Gasteiger partial charge in [-0.1, -0.05) is 84.0 Å². The smallest absolute Gasteiger partial charge is 0.253 e. The van der Waals surface area contributed by atoms with Gasteiger partial charge in [-0.3, -0.25) is 9.59 Å². The Balaban J connectivity index is 0.00000841. The van der Waals surface area contributed by atoms with E-state index in [9.17, 15) is 9.59 Å². The summed E-state index contributed by atoms with van der Waals surface area (Å²) < 4.78 is 0.824. The van der Waals surface area contributed by atoms with E-state index in [2.05, 4.69) is 38.7 Å². The molecule has 6 heteroatoms. The van der Waals surface area contributed by atoms with Gasteiger partial charge in [0.1, 0.15) is 11.4 Å². The molecule has 30 heavy (non-hydrogen) atoms. The van der Waals surface area contributed by atoms with Crippen LogP contribution in [0.3, 0.4) is 0 Å². The second-order valence-corrected chi connectivity index (χ2v) is 9.52. The lowest BCUT2D eigenvalue weighted by atomic mass is 10.0. The maximum absolute atomic E-state index is 11.8. The van der Waals surface area contributed by atoms with Crippen LogP contribution >= 0.6 is 0 Å². The molecule has 0 fully saturated rings. The summed E-state index contributed by atoms with van der Waals surface area (Å²) >= 11 is 0. The quantitative estimate of drug-likeness (QED) is 0.123. The van der Waals surface area contributed by atoms with Crippen molar-refractivity contribution in [2.75, 3.05) is 51.4 Å². The van der Waals surface area contributed by atoms with Gasteiger partial charge in [-0.2, -0.15) is 0 Å². The van der Waals surface area contributed by atoms with Crippen molar-refractivity contribution in [2.24, 2.45) is 0 Å². The third kappa shape index (κ3) is 12.9. The number of nitrogens with zero attached hydrogens (tertiary/aromatic N) is 1. The topological polar surface area (TPSA) is 58.2 Å². The first-order valence-corrected chi connectivity index (χ1v) is 12.0. The van der Waals surface area contributed by atoms with Gasteiger partial charge >= 0.3 is 0 Å². The Hall–Kier alpha value is -0.630. The minimum Gasteiger partial charge on any atom is -1.00 e. The summed E-state index contributed by atoms with van der Waals surface area (Å²) in [6.07, 6.45) is 17.3. The number of rotatable bonds is 19. The maximum Gasteiger partial charge on any atom is 0.253 e. The average molecular weight is 536 g/mol. The van der Waals surface area contributed by atoms with Crippen molar-refractivity contribution in [3.05, 3.63) is 20.4 Å². The van der Waals surface area contributed by atoms with E-state index >= 15 is 0 Å². The van der Waals surface area contributed by atoms with E-state index in [1.807, 2.05) is 0 Å². The number of anilines is 2. The summed E-state index contributed by atoms with van der Waals surface area (Å²) in [6, 6.07) is 0. The number of quaternary nitrogens is 1. The Morgan fingerprint density at radius 3 is 1.37 bits per heavy atom. The maximum atomic E-state index is 11.8. The van der Waals surface area contributed by atoms with Gasteiger partial charge in [-0.05, 0) is 6.42 Å². The number of hydrogen-bond acceptors (Lipinski definition) is 4. The highest BCUT2D eigenvalue weighted by molar-refractivity contribution is 5.73. The largest absolute Gasteiger partial charge is 1.00 e. The van der Waals surface area contributed by atoms with Crippen molar-refractivity contribution in [3.8, 4) is 0 Å². The Morgan fingerprint density at radius 2 is 0.967 bits per heavy atom. The molecule has 1 aromatic carbocycles. The SMILES string of the molecule is CCCCCCCCCCCCCCCNc1c(NCC[N+](C)(C)C)c(=O)c1=O.[I-]. The highest BCUT2D eigenvalue weighted by Crippen LogP contribution is 2.15. The molecule has 0 bridgehead atoms. The third-order valence-electron chi connectivity index (χ3n) is 5.58. The lowest BCUT2D eigenvalue weighted by molar-refractivity contribution is -0.868. The van der Waals surface area contributed by atoms with Crippen LogP contribution in [0.2, 0.25) is 0 Å². The van der Waals surface area contributed by atoms with E-state index in [0.717, 1.165) is 24.0 Å². The number of likely N-dealkylation sites (N-methyl/N-ethyl adjacent to an activating group) is 1. The molecule has 0 atom stereocenters. The normalized spacial score (nSPS) is 11.5. The molecule has 2 N–H and O–H groups in total. The summed E-state index contributed by atoms with van der Waals surface area (Å²) in [6.45, 7) is 4.63. The molecule has 0 amide bonds.